The van der Waals surface area contributed by atoms with E-state index in [1.54, 1.807) is 13.1 Å². The number of aryl methyl sites for hydroxylation is 1. The van der Waals surface area contributed by atoms with Crippen LogP contribution in [-0.2, 0) is 16.1 Å². The Morgan fingerprint density at radius 1 is 1.23 bits per heavy atom. The second-order valence-electron chi connectivity index (χ2n) is 9.18. The van der Waals surface area contributed by atoms with Gasteiger partial charge in [-0.1, -0.05) is 0 Å². The number of ether oxygens (including phenoxy) is 1. The molecule has 0 unspecified atom stereocenters. The van der Waals surface area contributed by atoms with E-state index in [4.69, 9.17) is 9.57 Å². The second-order valence-corrected chi connectivity index (χ2v) is 9.18. The molecule has 8 heteroatoms. The number of carbonyl (C=O) groups is 2. The average Bonchev–Trinajstić information content (AvgIpc) is 3.14. The van der Waals surface area contributed by atoms with E-state index in [9.17, 15) is 9.59 Å². The summed E-state index contributed by atoms with van der Waals surface area (Å²) in [6, 6.07) is 5.52. The molecule has 8 nitrogen and oxygen atoms in total. The van der Waals surface area contributed by atoms with Gasteiger partial charge in [-0.05, 0) is 70.6 Å². The molecule has 0 bridgehead atoms. The van der Waals surface area contributed by atoms with E-state index in [1.165, 1.54) is 12.2 Å². The smallest absolute Gasteiger partial charge is 0.410 e. The molecule has 1 saturated heterocycles. The lowest BCUT2D eigenvalue weighted by Crippen LogP contribution is -2.41. The van der Waals surface area contributed by atoms with Crippen LogP contribution in [0.3, 0.4) is 0 Å². The number of rotatable bonds is 6. The van der Waals surface area contributed by atoms with Crippen molar-refractivity contribution in [2.45, 2.75) is 58.6 Å². The number of aromatic nitrogens is 2. The Hall–Kier alpha value is -2.61. The lowest BCUT2D eigenvalue weighted by molar-refractivity contribution is -0.0756. The quantitative estimate of drug-likeness (QED) is 0.645. The number of nitrogens with zero attached hydrogens (tertiary/aromatic N) is 4. The van der Waals surface area contributed by atoms with Gasteiger partial charge in [0, 0.05) is 32.2 Å². The van der Waals surface area contributed by atoms with Crippen LogP contribution in [-0.4, -0.2) is 64.4 Å². The third kappa shape index (κ3) is 5.97. The second kappa shape index (κ2) is 9.68. The van der Waals surface area contributed by atoms with E-state index in [0.717, 1.165) is 56.4 Å². The first-order valence-corrected chi connectivity index (χ1v) is 10.9. The Labute approximate surface area is 184 Å². The predicted octanol–water partition coefficient (Wildman–Crippen LogP) is 4.10. The Balaban J connectivity index is 1.51. The first-order valence-electron chi connectivity index (χ1n) is 10.9. The molecule has 1 fully saturated rings. The summed E-state index contributed by atoms with van der Waals surface area (Å²) in [7, 11) is 3.07. The normalized spacial score (nSPS) is 15.3. The van der Waals surface area contributed by atoms with Gasteiger partial charge in [-0.3, -0.25) is 9.63 Å². The van der Waals surface area contributed by atoms with Crippen LogP contribution < -0.4 is 0 Å². The highest BCUT2D eigenvalue weighted by molar-refractivity contribution is 5.96. The van der Waals surface area contributed by atoms with Crippen LogP contribution in [0.1, 0.15) is 56.8 Å². The van der Waals surface area contributed by atoms with Crippen molar-refractivity contribution in [3.63, 3.8) is 0 Å². The summed E-state index contributed by atoms with van der Waals surface area (Å²) in [5.74, 6) is 0.426. The number of imidazole rings is 1. The van der Waals surface area contributed by atoms with Crippen molar-refractivity contribution in [1.29, 1.82) is 0 Å². The molecule has 0 spiro atoms. The molecule has 1 aromatic heterocycles. The topological polar surface area (TPSA) is 76.9 Å². The molecule has 2 heterocycles. The summed E-state index contributed by atoms with van der Waals surface area (Å²) in [6.07, 6.45) is 5.77. The van der Waals surface area contributed by atoms with Gasteiger partial charge in [-0.25, -0.2) is 14.8 Å². The van der Waals surface area contributed by atoms with Crippen LogP contribution in [0.2, 0.25) is 0 Å². The number of carbonyl (C=O) groups excluding carboxylic acids is 2. The van der Waals surface area contributed by atoms with Gasteiger partial charge in [0.15, 0.2) is 0 Å². The van der Waals surface area contributed by atoms with Crippen molar-refractivity contribution >= 4 is 23.0 Å². The number of piperidine rings is 1. The van der Waals surface area contributed by atoms with Gasteiger partial charge < -0.3 is 14.2 Å². The van der Waals surface area contributed by atoms with E-state index in [1.807, 2.05) is 44.1 Å². The first kappa shape index (κ1) is 23.1. The molecule has 1 aliphatic heterocycles. The SMILES string of the molecule is CON(C)C(=O)c1ccc2ncn(CCCC3CCN(C(=O)OC(C)(C)C)CC3)c2c1. The first-order chi connectivity index (χ1) is 14.7. The Morgan fingerprint density at radius 2 is 1.94 bits per heavy atom. The van der Waals surface area contributed by atoms with Crippen LogP contribution >= 0.6 is 0 Å². The zero-order chi connectivity index (χ0) is 22.6. The number of benzene rings is 1. The van der Waals surface area contributed by atoms with Crippen molar-refractivity contribution < 1.29 is 19.2 Å². The fourth-order valence-corrected chi connectivity index (χ4v) is 3.91. The third-order valence-corrected chi connectivity index (χ3v) is 5.71. The molecule has 0 aliphatic carbocycles. The van der Waals surface area contributed by atoms with Gasteiger partial charge in [-0.15, -0.1) is 0 Å². The number of fused-ring (bicyclic) bond motifs is 1. The fraction of sp³-hybridized carbons (Fsp3) is 0.609. The number of likely N-dealkylation sites (tertiary alicyclic amines) is 1. The summed E-state index contributed by atoms with van der Waals surface area (Å²) in [6.45, 7) is 8.04. The van der Waals surface area contributed by atoms with Crippen LogP contribution in [0, 0.1) is 5.92 Å². The Kier molecular flexibility index (Phi) is 7.20. The highest BCUT2D eigenvalue weighted by atomic mass is 16.7. The van der Waals surface area contributed by atoms with Crippen molar-refractivity contribution in [2.24, 2.45) is 5.92 Å². The van der Waals surface area contributed by atoms with Gasteiger partial charge in [0.25, 0.3) is 5.91 Å². The molecule has 0 saturated carbocycles. The monoisotopic (exact) mass is 430 g/mol. The van der Waals surface area contributed by atoms with Crippen molar-refractivity contribution in [3.8, 4) is 0 Å². The highest BCUT2D eigenvalue weighted by Gasteiger charge is 2.26. The minimum Gasteiger partial charge on any atom is -0.444 e. The van der Waals surface area contributed by atoms with Crippen molar-refractivity contribution in [2.75, 3.05) is 27.2 Å². The summed E-state index contributed by atoms with van der Waals surface area (Å²) < 4.78 is 7.58. The Morgan fingerprint density at radius 3 is 2.58 bits per heavy atom. The van der Waals surface area contributed by atoms with E-state index in [2.05, 4.69) is 9.55 Å². The molecular weight excluding hydrogens is 396 g/mol. The Bertz CT molecular complexity index is 910. The minimum atomic E-state index is -0.453. The molecule has 2 aromatic rings. The summed E-state index contributed by atoms with van der Waals surface area (Å²) in [4.78, 5) is 35.8. The summed E-state index contributed by atoms with van der Waals surface area (Å²) >= 11 is 0. The fourth-order valence-electron chi connectivity index (χ4n) is 3.91. The molecule has 0 radical (unpaired) electrons. The zero-order valence-corrected chi connectivity index (χ0v) is 19.3. The van der Waals surface area contributed by atoms with Crippen LogP contribution in [0.15, 0.2) is 24.5 Å². The van der Waals surface area contributed by atoms with E-state index in [0.29, 0.717) is 11.5 Å². The van der Waals surface area contributed by atoms with Crippen LogP contribution in [0.5, 0.6) is 0 Å². The predicted molar refractivity (Wildman–Crippen MR) is 119 cm³/mol. The molecule has 2 amide bonds. The lowest BCUT2D eigenvalue weighted by atomic mass is 9.92. The number of hydrogen-bond donors (Lipinski definition) is 0. The molecule has 170 valence electrons. The molecule has 1 aromatic carbocycles. The van der Waals surface area contributed by atoms with Gasteiger partial charge in [0.05, 0.1) is 24.5 Å². The van der Waals surface area contributed by atoms with Gasteiger partial charge in [0.2, 0.25) is 0 Å². The van der Waals surface area contributed by atoms with Crippen molar-refractivity contribution in [3.05, 3.63) is 30.1 Å². The largest absolute Gasteiger partial charge is 0.444 e. The average molecular weight is 431 g/mol. The molecular formula is C23H34N4O4. The van der Waals surface area contributed by atoms with Crippen molar-refractivity contribution in [1.82, 2.24) is 19.5 Å². The summed E-state index contributed by atoms with van der Waals surface area (Å²) in [5.41, 5.74) is 1.95. The molecule has 0 N–H and O–H groups in total. The van der Waals surface area contributed by atoms with Crippen LogP contribution in [0.25, 0.3) is 11.0 Å². The number of amides is 2. The van der Waals surface area contributed by atoms with Gasteiger partial charge in [0.1, 0.15) is 5.60 Å². The van der Waals surface area contributed by atoms with Gasteiger partial charge >= 0.3 is 6.09 Å². The zero-order valence-electron chi connectivity index (χ0n) is 19.3. The standard InChI is InChI=1S/C23H34N4O4/c1-23(2,3)31-22(29)26-13-10-17(11-14-26)7-6-12-27-16-24-19-9-8-18(15-20(19)27)21(28)25(4)30-5/h8-9,15-17H,6-7,10-14H2,1-5H3. The maximum absolute atomic E-state index is 12.4. The minimum absolute atomic E-state index is 0.186. The third-order valence-electron chi connectivity index (χ3n) is 5.71. The summed E-state index contributed by atoms with van der Waals surface area (Å²) in [5, 5.41) is 1.21. The maximum atomic E-state index is 12.4. The van der Waals surface area contributed by atoms with E-state index in [-0.39, 0.29) is 12.0 Å². The molecule has 3 rings (SSSR count). The van der Waals surface area contributed by atoms with E-state index >= 15 is 0 Å². The number of hydroxylamine groups is 2. The molecule has 1 aliphatic rings. The van der Waals surface area contributed by atoms with Gasteiger partial charge in [-0.2, -0.15) is 0 Å². The van der Waals surface area contributed by atoms with Crippen LogP contribution in [0.4, 0.5) is 4.79 Å². The lowest BCUT2D eigenvalue weighted by Gasteiger charge is -2.33. The number of hydrogen-bond acceptors (Lipinski definition) is 5. The highest BCUT2D eigenvalue weighted by Crippen LogP contribution is 2.24. The molecule has 0 atom stereocenters. The molecule has 31 heavy (non-hydrogen) atoms. The van der Waals surface area contributed by atoms with E-state index < -0.39 is 5.60 Å². The maximum Gasteiger partial charge on any atom is 0.410 e.